The summed E-state index contributed by atoms with van der Waals surface area (Å²) < 4.78 is 15.9. The number of rotatable bonds is 8. The Hall–Kier alpha value is -3.72. The Morgan fingerprint density at radius 1 is 1.12 bits per heavy atom. The van der Waals surface area contributed by atoms with Crippen molar-refractivity contribution >= 4 is 29.5 Å². The van der Waals surface area contributed by atoms with Crippen molar-refractivity contribution < 1.29 is 9.18 Å². The van der Waals surface area contributed by atoms with E-state index in [-0.39, 0.29) is 35.8 Å². The number of H-pyrrole nitrogens is 2. The first-order valence-corrected chi connectivity index (χ1v) is 10.7. The zero-order valence-corrected chi connectivity index (χ0v) is 19.3. The number of aromatic amines is 2. The van der Waals surface area contributed by atoms with Crippen molar-refractivity contribution in [3.05, 3.63) is 97.7 Å². The van der Waals surface area contributed by atoms with Crippen molar-refractivity contribution in [1.29, 1.82) is 0 Å². The van der Waals surface area contributed by atoms with Gasteiger partial charge in [0.25, 0.3) is 5.56 Å². The van der Waals surface area contributed by atoms with Crippen LogP contribution in [0, 0.1) is 5.82 Å². The summed E-state index contributed by atoms with van der Waals surface area (Å²) in [5.74, 6) is -0.959. The highest BCUT2D eigenvalue weighted by Crippen LogP contribution is 2.29. The summed E-state index contributed by atoms with van der Waals surface area (Å²) in [6, 6.07) is 13.1. The number of nitrogens with one attached hydrogen (secondary N) is 2. The minimum absolute atomic E-state index is 0. The lowest BCUT2D eigenvalue weighted by Crippen LogP contribution is -2.30. The minimum atomic E-state index is -0.560. The van der Waals surface area contributed by atoms with Gasteiger partial charge in [0.05, 0.1) is 0 Å². The van der Waals surface area contributed by atoms with Crippen LogP contribution in [0.1, 0.15) is 53.0 Å². The van der Waals surface area contributed by atoms with Gasteiger partial charge in [0, 0.05) is 18.0 Å². The van der Waals surface area contributed by atoms with Crippen LogP contribution < -0.4 is 17.0 Å². The van der Waals surface area contributed by atoms with E-state index in [1.54, 1.807) is 42.5 Å². The van der Waals surface area contributed by atoms with Crippen molar-refractivity contribution in [2.75, 3.05) is 0 Å². The number of unbranched alkanes of at least 4 members (excludes halogenated alkanes) is 1. The molecule has 0 aliphatic carbocycles. The highest BCUT2D eigenvalue weighted by atomic mass is 35.5. The van der Waals surface area contributed by atoms with Crippen LogP contribution in [-0.2, 0) is 13.0 Å². The molecule has 1 unspecified atom stereocenters. The monoisotopic (exact) mass is 485 g/mol. The van der Waals surface area contributed by atoms with Gasteiger partial charge in [-0.1, -0.05) is 43.7 Å². The molecule has 2 aromatic heterocycles. The lowest BCUT2D eigenvalue weighted by atomic mass is 9.90. The molecule has 4 aromatic rings. The number of amides is 1. The number of aryl methyl sites for hydroxylation is 1. The molecule has 178 valence electrons. The number of imidazole rings is 1. The molecule has 0 bridgehead atoms. The number of halogens is 2. The smallest absolute Gasteiger partial charge is 0.330 e. The van der Waals surface area contributed by atoms with Crippen LogP contribution in [-0.4, -0.2) is 25.4 Å². The number of nitrogens with zero attached hydrogens (tertiary/aromatic N) is 2. The molecule has 1 amide bonds. The first-order chi connectivity index (χ1) is 15.9. The Bertz CT molecular complexity index is 1430. The molecule has 10 heteroatoms. The maximum absolute atomic E-state index is 14.5. The van der Waals surface area contributed by atoms with E-state index in [1.165, 1.54) is 10.6 Å². The zero-order chi connectivity index (χ0) is 23.5. The van der Waals surface area contributed by atoms with E-state index in [2.05, 4.69) is 15.0 Å². The van der Waals surface area contributed by atoms with E-state index in [1.807, 2.05) is 6.92 Å². The summed E-state index contributed by atoms with van der Waals surface area (Å²) in [4.78, 5) is 46.4. The lowest BCUT2D eigenvalue weighted by Gasteiger charge is -2.16. The largest absolute Gasteiger partial charge is 0.366 e. The summed E-state index contributed by atoms with van der Waals surface area (Å²) in [7, 11) is 0. The van der Waals surface area contributed by atoms with Gasteiger partial charge in [0.1, 0.15) is 17.2 Å². The Morgan fingerprint density at radius 3 is 2.47 bits per heavy atom. The van der Waals surface area contributed by atoms with Gasteiger partial charge in [-0.3, -0.25) is 19.1 Å². The topological polar surface area (TPSA) is 127 Å². The Labute approximate surface area is 200 Å². The standard InChI is InChI=1S/C24H24FN5O3.ClH/c1-2-3-12-30-22-19(23(32)29-24(30)33)27-21(28-22)17(13-16-6-4-5-7-18(16)25)14-8-10-15(11-9-14)20(26)31;/h4-11,17H,2-3,12-13H2,1H3,(H2,26,31)(H,27,28)(H,29,32,33);1H. The quantitative estimate of drug-likeness (QED) is 0.354. The maximum Gasteiger partial charge on any atom is 0.330 e. The van der Waals surface area contributed by atoms with Gasteiger partial charge in [-0.15, -0.1) is 12.4 Å². The second-order valence-corrected chi connectivity index (χ2v) is 7.92. The van der Waals surface area contributed by atoms with Crippen LogP contribution in [0.4, 0.5) is 4.39 Å². The fourth-order valence-electron chi connectivity index (χ4n) is 3.88. The van der Waals surface area contributed by atoms with E-state index in [0.29, 0.717) is 23.5 Å². The summed E-state index contributed by atoms with van der Waals surface area (Å²) in [6.45, 7) is 2.42. The van der Waals surface area contributed by atoms with Crippen molar-refractivity contribution in [1.82, 2.24) is 19.5 Å². The molecular weight excluding hydrogens is 461 g/mol. The Morgan fingerprint density at radius 2 is 1.82 bits per heavy atom. The van der Waals surface area contributed by atoms with Gasteiger partial charge >= 0.3 is 5.69 Å². The second-order valence-electron chi connectivity index (χ2n) is 7.92. The molecule has 0 saturated heterocycles. The van der Waals surface area contributed by atoms with Crippen LogP contribution in [0.5, 0.6) is 0 Å². The molecule has 0 aliphatic heterocycles. The van der Waals surface area contributed by atoms with Gasteiger partial charge in [-0.05, 0) is 42.2 Å². The number of carbonyl (C=O) groups excluding carboxylic acids is 1. The van der Waals surface area contributed by atoms with E-state index in [0.717, 1.165) is 18.4 Å². The number of fused-ring (bicyclic) bond motifs is 1. The maximum atomic E-state index is 14.5. The third-order valence-corrected chi connectivity index (χ3v) is 5.70. The van der Waals surface area contributed by atoms with Crippen LogP contribution in [0.25, 0.3) is 11.2 Å². The van der Waals surface area contributed by atoms with E-state index in [4.69, 9.17) is 5.73 Å². The number of primary amides is 1. The first-order valence-electron chi connectivity index (χ1n) is 10.7. The van der Waals surface area contributed by atoms with Crippen LogP contribution >= 0.6 is 12.4 Å². The highest BCUT2D eigenvalue weighted by Gasteiger charge is 2.23. The van der Waals surface area contributed by atoms with Crippen molar-refractivity contribution in [2.45, 2.75) is 38.6 Å². The zero-order valence-electron chi connectivity index (χ0n) is 18.5. The van der Waals surface area contributed by atoms with Crippen LogP contribution in [0.15, 0.2) is 58.1 Å². The van der Waals surface area contributed by atoms with Crippen molar-refractivity contribution in [3.63, 3.8) is 0 Å². The normalized spacial score (nSPS) is 11.8. The number of carbonyl (C=O) groups is 1. The minimum Gasteiger partial charge on any atom is -0.366 e. The Kier molecular flexibility index (Phi) is 7.68. The Balaban J connectivity index is 0.00000324. The average Bonchev–Trinajstić information content (AvgIpc) is 3.24. The average molecular weight is 486 g/mol. The summed E-state index contributed by atoms with van der Waals surface area (Å²) >= 11 is 0. The van der Waals surface area contributed by atoms with E-state index < -0.39 is 23.1 Å². The predicted octanol–water partition coefficient (Wildman–Crippen LogP) is 3.25. The molecule has 34 heavy (non-hydrogen) atoms. The number of hydrogen-bond donors (Lipinski definition) is 3. The molecule has 0 radical (unpaired) electrons. The van der Waals surface area contributed by atoms with E-state index in [9.17, 15) is 18.8 Å². The molecule has 0 aliphatic rings. The molecule has 1 atom stereocenters. The number of aromatic nitrogens is 4. The SMILES string of the molecule is CCCCn1c(=O)[nH]c(=O)c2[nH]c(C(Cc3ccccc3F)c3ccc(C(N)=O)cc3)nc21.Cl. The number of hydrogen-bond acceptors (Lipinski definition) is 4. The summed E-state index contributed by atoms with van der Waals surface area (Å²) in [6.07, 6.45) is 1.86. The molecule has 4 N–H and O–H groups in total. The molecule has 0 fully saturated rings. The number of nitrogens with two attached hydrogens (primary N) is 1. The molecule has 8 nitrogen and oxygen atoms in total. The van der Waals surface area contributed by atoms with Crippen LogP contribution in [0.2, 0.25) is 0 Å². The molecule has 4 rings (SSSR count). The van der Waals surface area contributed by atoms with Gasteiger partial charge in [0.2, 0.25) is 5.91 Å². The lowest BCUT2D eigenvalue weighted by molar-refractivity contribution is 0.100. The van der Waals surface area contributed by atoms with Crippen molar-refractivity contribution in [2.24, 2.45) is 5.73 Å². The van der Waals surface area contributed by atoms with E-state index >= 15 is 0 Å². The third kappa shape index (κ3) is 4.94. The highest BCUT2D eigenvalue weighted by molar-refractivity contribution is 5.92. The van der Waals surface area contributed by atoms with Gasteiger partial charge in [-0.2, -0.15) is 0 Å². The summed E-state index contributed by atoms with van der Waals surface area (Å²) in [5, 5.41) is 0. The third-order valence-electron chi connectivity index (χ3n) is 5.70. The van der Waals surface area contributed by atoms with Gasteiger partial charge in [0.15, 0.2) is 5.65 Å². The van der Waals surface area contributed by atoms with Gasteiger partial charge < -0.3 is 10.7 Å². The molecular formula is C24H25ClFN5O3. The fraction of sp³-hybridized carbons (Fsp3) is 0.250. The fourth-order valence-corrected chi connectivity index (χ4v) is 3.88. The second kappa shape index (κ2) is 10.5. The van der Waals surface area contributed by atoms with Gasteiger partial charge in [-0.25, -0.2) is 14.2 Å². The predicted molar refractivity (Wildman–Crippen MR) is 130 cm³/mol. The molecule has 0 saturated carbocycles. The molecule has 2 aromatic carbocycles. The first kappa shape index (κ1) is 24.9. The summed E-state index contributed by atoms with van der Waals surface area (Å²) in [5.41, 5.74) is 6.30. The molecule has 2 heterocycles. The van der Waals surface area contributed by atoms with Crippen LogP contribution in [0.3, 0.4) is 0 Å². The number of benzene rings is 2. The van der Waals surface area contributed by atoms with Crippen molar-refractivity contribution in [3.8, 4) is 0 Å². The molecule has 0 spiro atoms.